The molecule has 7 heteroatoms. The molecule has 2 amide bonds. The fourth-order valence-corrected chi connectivity index (χ4v) is 2.47. The van der Waals surface area contributed by atoms with Crippen LogP contribution in [-0.4, -0.2) is 45.4 Å². The minimum atomic E-state index is -1.28. The van der Waals surface area contributed by atoms with Crippen molar-refractivity contribution in [3.05, 3.63) is 36.0 Å². The number of imide groups is 1. The smallest absolute Gasteiger partial charge is 0.327 e. The molecule has 2 aromatic rings. The molecule has 0 fully saturated rings. The first-order valence-corrected chi connectivity index (χ1v) is 6.76. The fourth-order valence-electron chi connectivity index (χ4n) is 2.47. The van der Waals surface area contributed by atoms with Gasteiger partial charge in [0.25, 0.3) is 0 Å². The summed E-state index contributed by atoms with van der Waals surface area (Å²) in [6, 6.07) is 6.12. The molecule has 7 nitrogen and oxygen atoms in total. The van der Waals surface area contributed by atoms with Crippen LogP contribution in [0.3, 0.4) is 0 Å². The minimum absolute atomic E-state index is 0.0185. The largest absolute Gasteiger partial charge is 0.480 e. The Morgan fingerprint density at radius 2 is 2.00 bits per heavy atom. The fraction of sp³-hybridized carbons (Fsp3) is 0.267. The van der Waals surface area contributed by atoms with Gasteiger partial charge in [-0.3, -0.25) is 14.5 Å². The topological polar surface area (TPSA) is 116 Å². The molecule has 1 aromatic carbocycles. The van der Waals surface area contributed by atoms with Crippen molar-refractivity contribution in [1.29, 1.82) is 0 Å². The third-order valence-corrected chi connectivity index (χ3v) is 3.47. The number of H-pyrrole nitrogens is 1. The number of aromatic amines is 1. The van der Waals surface area contributed by atoms with Crippen molar-refractivity contribution in [1.82, 2.24) is 9.88 Å². The maximum Gasteiger partial charge on any atom is 0.327 e. The Hall–Kier alpha value is -2.67. The first-order valence-electron chi connectivity index (χ1n) is 6.76. The second-order valence-corrected chi connectivity index (χ2v) is 4.90. The number of fused-ring (bicyclic) bond motifs is 1. The predicted molar refractivity (Wildman–Crippen MR) is 80.0 cm³/mol. The zero-order valence-corrected chi connectivity index (χ0v) is 12.1. The molecule has 0 saturated carbocycles. The van der Waals surface area contributed by atoms with Crippen molar-refractivity contribution in [2.24, 2.45) is 5.73 Å². The Kier molecular flexibility index (Phi) is 4.57. The molecule has 0 saturated heterocycles. The van der Waals surface area contributed by atoms with Crippen molar-refractivity contribution in [3.63, 3.8) is 0 Å². The number of carbonyl (C=O) groups is 3. The molecule has 0 spiro atoms. The lowest BCUT2D eigenvalue weighted by Gasteiger charge is -2.25. The number of carboxylic acid groups (broad SMARTS) is 1. The molecule has 4 N–H and O–H groups in total. The number of nitrogens with two attached hydrogens (primary N) is 1. The number of carbonyl (C=O) groups excluding carboxylic acids is 2. The van der Waals surface area contributed by atoms with Gasteiger partial charge >= 0.3 is 5.97 Å². The number of aliphatic carboxylic acids is 1. The van der Waals surface area contributed by atoms with Crippen LogP contribution in [0.1, 0.15) is 12.5 Å². The van der Waals surface area contributed by atoms with Crippen molar-refractivity contribution in [2.75, 3.05) is 6.54 Å². The van der Waals surface area contributed by atoms with Crippen molar-refractivity contribution in [2.45, 2.75) is 19.4 Å². The highest BCUT2D eigenvalue weighted by Crippen LogP contribution is 2.21. The lowest BCUT2D eigenvalue weighted by molar-refractivity contribution is -0.156. The second kappa shape index (κ2) is 6.40. The van der Waals surface area contributed by atoms with E-state index in [1.807, 2.05) is 24.3 Å². The Bertz CT molecular complexity index is 722. The molecule has 0 aliphatic heterocycles. The number of carboxylic acids is 1. The first kappa shape index (κ1) is 15.7. The van der Waals surface area contributed by atoms with E-state index in [1.54, 1.807) is 6.20 Å². The Labute approximate surface area is 126 Å². The molecule has 0 bridgehead atoms. The zero-order valence-electron chi connectivity index (χ0n) is 12.1. The van der Waals surface area contributed by atoms with E-state index in [9.17, 15) is 19.5 Å². The average molecular weight is 303 g/mol. The second-order valence-electron chi connectivity index (χ2n) is 4.90. The molecule has 0 radical (unpaired) electrons. The molecule has 1 atom stereocenters. The predicted octanol–water partition coefficient (Wildman–Crippen LogP) is 0.497. The summed E-state index contributed by atoms with van der Waals surface area (Å²) in [6.45, 7) is 0.732. The molecular formula is C15H17N3O4. The average Bonchev–Trinajstić information content (AvgIpc) is 2.89. The molecule has 0 aliphatic rings. The van der Waals surface area contributed by atoms with Gasteiger partial charge in [0.15, 0.2) is 0 Å². The highest BCUT2D eigenvalue weighted by molar-refractivity contribution is 5.99. The number of hydrogen-bond acceptors (Lipinski definition) is 4. The maximum atomic E-state index is 11.8. The first-order chi connectivity index (χ1) is 10.5. The van der Waals surface area contributed by atoms with E-state index < -0.39 is 30.4 Å². The SMILES string of the molecule is CC(=O)N(C(=O)CN)C(Cc1c[nH]c2ccccc12)C(=O)O. The Morgan fingerprint density at radius 3 is 2.59 bits per heavy atom. The van der Waals surface area contributed by atoms with E-state index in [4.69, 9.17) is 5.73 Å². The van der Waals surface area contributed by atoms with Crippen molar-refractivity contribution >= 4 is 28.7 Å². The monoisotopic (exact) mass is 303 g/mol. The van der Waals surface area contributed by atoms with E-state index in [-0.39, 0.29) is 6.42 Å². The zero-order chi connectivity index (χ0) is 16.3. The van der Waals surface area contributed by atoms with E-state index in [1.165, 1.54) is 0 Å². The van der Waals surface area contributed by atoms with Gasteiger partial charge in [-0.2, -0.15) is 0 Å². The van der Waals surface area contributed by atoms with Crippen LogP contribution < -0.4 is 5.73 Å². The van der Waals surface area contributed by atoms with Gasteiger partial charge in [0.1, 0.15) is 6.04 Å². The van der Waals surface area contributed by atoms with E-state index in [0.29, 0.717) is 4.90 Å². The molecule has 22 heavy (non-hydrogen) atoms. The quantitative estimate of drug-likeness (QED) is 0.743. The van der Waals surface area contributed by atoms with Crippen LogP contribution in [0.15, 0.2) is 30.5 Å². The number of nitrogens with one attached hydrogen (secondary N) is 1. The minimum Gasteiger partial charge on any atom is -0.480 e. The number of rotatable bonds is 5. The van der Waals surface area contributed by atoms with Crippen LogP contribution in [0, 0.1) is 0 Å². The van der Waals surface area contributed by atoms with Crippen LogP contribution in [0.2, 0.25) is 0 Å². The molecule has 1 unspecified atom stereocenters. The van der Waals surface area contributed by atoms with Gasteiger partial charge in [-0.05, 0) is 11.6 Å². The van der Waals surface area contributed by atoms with Gasteiger partial charge in [0.2, 0.25) is 11.8 Å². The molecule has 116 valence electrons. The highest BCUT2D eigenvalue weighted by atomic mass is 16.4. The van der Waals surface area contributed by atoms with Crippen LogP contribution in [0.25, 0.3) is 10.9 Å². The van der Waals surface area contributed by atoms with E-state index in [0.717, 1.165) is 23.4 Å². The summed E-state index contributed by atoms with van der Waals surface area (Å²) in [7, 11) is 0. The summed E-state index contributed by atoms with van der Waals surface area (Å²) in [4.78, 5) is 38.7. The molecule has 0 aliphatic carbocycles. The van der Waals surface area contributed by atoms with Gasteiger partial charge in [-0.15, -0.1) is 0 Å². The number of para-hydroxylation sites is 1. The summed E-state index contributed by atoms with van der Waals surface area (Å²) in [5.74, 6) is -2.59. The normalized spacial score (nSPS) is 12.1. The van der Waals surface area contributed by atoms with Crippen LogP contribution >= 0.6 is 0 Å². The molecule has 1 heterocycles. The summed E-state index contributed by atoms with van der Waals surface area (Å²) in [5, 5.41) is 10.3. The lowest BCUT2D eigenvalue weighted by atomic mass is 10.0. The number of aromatic nitrogens is 1. The van der Waals surface area contributed by atoms with Crippen LogP contribution in [-0.2, 0) is 20.8 Å². The van der Waals surface area contributed by atoms with Crippen molar-refractivity contribution in [3.8, 4) is 0 Å². The number of nitrogens with zero attached hydrogens (tertiary/aromatic N) is 1. The Balaban J connectivity index is 2.38. The maximum absolute atomic E-state index is 11.8. The van der Waals surface area contributed by atoms with E-state index in [2.05, 4.69) is 4.98 Å². The van der Waals surface area contributed by atoms with Gasteiger partial charge in [-0.1, -0.05) is 18.2 Å². The summed E-state index contributed by atoms with van der Waals surface area (Å²) in [5.41, 5.74) is 6.85. The lowest BCUT2D eigenvalue weighted by Crippen LogP contribution is -2.51. The molecule has 2 rings (SSSR count). The summed E-state index contributed by atoms with van der Waals surface area (Å²) in [6.07, 6.45) is 1.70. The van der Waals surface area contributed by atoms with Crippen molar-refractivity contribution < 1.29 is 19.5 Å². The third kappa shape index (κ3) is 2.99. The van der Waals surface area contributed by atoms with Gasteiger partial charge in [0.05, 0.1) is 6.54 Å². The number of amides is 2. The summed E-state index contributed by atoms with van der Waals surface area (Å²) >= 11 is 0. The van der Waals surface area contributed by atoms with Crippen LogP contribution in [0.4, 0.5) is 0 Å². The summed E-state index contributed by atoms with van der Waals surface area (Å²) < 4.78 is 0. The molecule has 1 aromatic heterocycles. The number of hydrogen-bond donors (Lipinski definition) is 3. The standard InChI is InChI=1S/C15H17N3O4/c1-9(19)18(14(20)7-16)13(15(21)22)6-10-8-17-12-5-3-2-4-11(10)12/h2-5,8,13,17H,6-7,16H2,1H3,(H,21,22). The van der Waals surface area contributed by atoms with Crippen LogP contribution in [0.5, 0.6) is 0 Å². The van der Waals surface area contributed by atoms with Gasteiger partial charge < -0.3 is 15.8 Å². The Morgan fingerprint density at radius 1 is 1.32 bits per heavy atom. The molecular weight excluding hydrogens is 286 g/mol. The number of benzene rings is 1. The van der Waals surface area contributed by atoms with Gasteiger partial charge in [-0.25, -0.2) is 4.79 Å². The highest BCUT2D eigenvalue weighted by Gasteiger charge is 2.32. The third-order valence-electron chi connectivity index (χ3n) is 3.47. The van der Waals surface area contributed by atoms with E-state index >= 15 is 0 Å². The van der Waals surface area contributed by atoms with Gasteiger partial charge in [0, 0.05) is 30.4 Å².